The van der Waals surface area contributed by atoms with Crippen molar-refractivity contribution < 1.29 is 4.79 Å². The summed E-state index contributed by atoms with van der Waals surface area (Å²) in [4.78, 5) is 11.9. The molecule has 0 spiro atoms. The van der Waals surface area contributed by atoms with Gasteiger partial charge in [0.15, 0.2) is 5.78 Å². The molecule has 94 valence electrons. The lowest BCUT2D eigenvalue weighted by Gasteiger charge is -2.21. The second kappa shape index (κ2) is 5.38. The van der Waals surface area contributed by atoms with Crippen molar-refractivity contribution >= 4 is 29.0 Å². The summed E-state index contributed by atoms with van der Waals surface area (Å²) < 4.78 is 0. The van der Waals surface area contributed by atoms with Crippen molar-refractivity contribution in [2.24, 2.45) is 11.1 Å². The third kappa shape index (κ3) is 3.98. The molecule has 0 amide bonds. The highest BCUT2D eigenvalue weighted by molar-refractivity contribution is 6.42. The molecule has 0 saturated heterocycles. The first kappa shape index (κ1) is 14.5. The molecule has 0 aromatic heterocycles. The van der Waals surface area contributed by atoms with Crippen LogP contribution in [0.15, 0.2) is 18.2 Å². The topological polar surface area (TPSA) is 43.1 Å². The van der Waals surface area contributed by atoms with E-state index >= 15 is 0 Å². The predicted octanol–water partition coefficient (Wildman–Crippen LogP) is 3.48. The monoisotopic (exact) mass is 273 g/mol. The van der Waals surface area contributed by atoms with E-state index < -0.39 is 11.5 Å². The van der Waals surface area contributed by atoms with E-state index in [4.69, 9.17) is 28.9 Å². The summed E-state index contributed by atoms with van der Waals surface area (Å²) in [7, 11) is 0. The largest absolute Gasteiger partial charge is 0.321 e. The van der Waals surface area contributed by atoms with Crippen molar-refractivity contribution in [3.05, 3.63) is 33.8 Å². The van der Waals surface area contributed by atoms with Gasteiger partial charge >= 0.3 is 0 Å². The molecule has 1 aromatic carbocycles. The summed E-state index contributed by atoms with van der Waals surface area (Å²) in [6.07, 6.45) is 0.479. The van der Waals surface area contributed by atoms with Crippen LogP contribution in [0.2, 0.25) is 10.0 Å². The number of halogens is 2. The summed E-state index contributed by atoms with van der Waals surface area (Å²) >= 11 is 11.7. The zero-order valence-electron chi connectivity index (χ0n) is 10.3. The van der Waals surface area contributed by atoms with Gasteiger partial charge in [-0.25, -0.2) is 0 Å². The van der Waals surface area contributed by atoms with Gasteiger partial charge in [0.25, 0.3) is 0 Å². The average Bonchev–Trinajstić information content (AvgIpc) is 2.21. The van der Waals surface area contributed by atoms with Crippen LogP contribution < -0.4 is 5.73 Å². The molecule has 0 fully saturated rings. The van der Waals surface area contributed by atoms with Crippen LogP contribution >= 0.6 is 23.2 Å². The second-order valence-corrected chi connectivity index (χ2v) is 5.99. The Morgan fingerprint density at radius 3 is 2.35 bits per heavy atom. The van der Waals surface area contributed by atoms with Gasteiger partial charge in [0.1, 0.15) is 0 Å². The molecule has 0 aliphatic heterocycles. The summed E-state index contributed by atoms with van der Waals surface area (Å²) in [5.41, 5.74) is 6.40. The quantitative estimate of drug-likeness (QED) is 0.917. The molecule has 1 atom stereocenters. The number of rotatable bonds is 3. The van der Waals surface area contributed by atoms with Gasteiger partial charge in [0.05, 0.1) is 16.1 Å². The van der Waals surface area contributed by atoms with Crippen molar-refractivity contribution in [3.63, 3.8) is 0 Å². The van der Waals surface area contributed by atoms with E-state index in [2.05, 4.69) is 0 Å². The van der Waals surface area contributed by atoms with Crippen LogP contribution in [-0.2, 0) is 11.2 Å². The summed E-state index contributed by atoms with van der Waals surface area (Å²) in [5, 5.41) is 0.991. The molecule has 4 heteroatoms. The fourth-order valence-corrected chi connectivity index (χ4v) is 1.89. The van der Waals surface area contributed by atoms with E-state index in [0.717, 1.165) is 5.56 Å². The standard InChI is InChI=1S/C13H17Cl2NO/c1-13(2,3)12(17)11(16)7-8-4-5-9(14)10(15)6-8/h4-6,11H,7,16H2,1-3H3/t11-/m1/s1. The Hall–Kier alpha value is -0.570. The van der Waals surface area contributed by atoms with Crippen LogP contribution in [0.5, 0.6) is 0 Å². The van der Waals surface area contributed by atoms with E-state index in [1.54, 1.807) is 12.1 Å². The number of nitrogens with two attached hydrogens (primary N) is 1. The predicted molar refractivity (Wildman–Crippen MR) is 72.6 cm³/mol. The first-order chi connectivity index (χ1) is 7.71. The first-order valence-electron chi connectivity index (χ1n) is 5.45. The Bertz CT molecular complexity index is 424. The first-order valence-corrected chi connectivity index (χ1v) is 6.21. The van der Waals surface area contributed by atoms with E-state index in [1.807, 2.05) is 26.8 Å². The normalized spacial score (nSPS) is 13.5. The van der Waals surface area contributed by atoms with E-state index in [-0.39, 0.29) is 5.78 Å². The highest BCUT2D eigenvalue weighted by atomic mass is 35.5. The number of carbonyl (C=O) groups is 1. The average molecular weight is 274 g/mol. The minimum Gasteiger partial charge on any atom is -0.321 e. The number of carbonyl (C=O) groups excluding carboxylic acids is 1. The fraction of sp³-hybridized carbons (Fsp3) is 0.462. The maximum absolute atomic E-state index is 11.9. The molecule has 1 rings (SSSR count). The number of ketones is 1. The highest BCUT2D eigenvalue weighted by Gasteiger charge is 2.27. The third-order valence-electron chi connectivity index (χ3n) is 2.52. The zero-order valence-corrected chi connectivity index (χ0v) is 11.8. The Kier molecular flexibility index (Phi) is 4.59. The van der Waals surface area contributed by atoms with Gasteiger partial charge in [-0.15, -0.1) is 0 Å². The molecule has 0 bridgehead atoms. The van der Waals surface area contributed by atoms with Crippen LogP contribution in [0.4, 0.5) is 0 Å². The van der Waals surface area contributed by atoms with Crippen LogP contribution in [-0.4, -0.2) is 11.8 Å². The van der Waals surface area contributed by atoms with Crippen molar-refractivity contribution in [1.29, 1.82) is 0 Å². The van der Waals surface area contributed by atoms with Crippen LogP contribution in [0, 0.1) is 5.41 Å². The zero-order chi connectivity index (χ0) is 13.2. The number of hydrogen-bond donors (Lipinski definition) is 1. The Morgan fingerprint density at radius 1 is 1.29 bits per heavy atom. The van der Waals surface area contributed by atoms with Gasteiger partial charge in [-0.3, -0.25) is 4.79 Å². The van der Waals surface area contributed by atoms with Crippen LogP contribution in [0.1, 0.15) is 26.3 Å². The van der Waals surface area contributed by atoms with Gasteiger partial charge in [-0.1, -0.05) is 50.0 Å². The lowest BCUT2D eigenvalue weighted by Crippen LogP contribution is -2.40. The van der Waals surface area contributed by atoms with Gasteiger partial charge in [0, 0.05) is 5.41 Å². The third-order valence-corrected chi connectivity index (χ3v) is 3.25. The molecule has 0 aliphatic rings. The summed E-state index contributed by atoms with van der Waals surface area (Å²) in [6.45, 7) is 5.60. The molecule has 2 nitrogen and oxygen atoms in total. The molecular weight excluding hydrogens is 257 g/mol. The van der Waals surface area contributed by atoms with Crippen LogP contribution in [0.25, 0.3) is 0 Å². The molecule has 2 N–H and O–H groups in total. The minimum absolute atomic E-state index is 0.0450. The Morgan fingerprint density at radius 2 is 1.88 bits per heavy atom. The van der Waals surface area contributed by atoms with Crippen molar-refractivity contribution in [2.45, 2.75) is 33.2 Å². The van der Waals surface area contributed by atoms with E-state index in [9.17, 15) is 4.79 Å². The molecule has 0 radical (unpaired) electrons. The molecule has 0 heterocycles. The lowest BCUT2D eigenvalue weighted by atomic mass is 9.85. The highest BCUT2D eigenvalue weighted by Crippen LogP contribution is 2.24. The lowest BCUT2D eigenvalue weighted by molar-refractivity contribution is -0.127. The molecule has 0 saturated carbocycles. The number of benzene rings is 1. The van der Waals surface area contributed by atoms with E-state index in [1.165, 1.54) is 0 Å². The summed E-state index contributed by atoms with van der Waals surface area (Å²) in [6, 6.07) is 4.80. The SMILES string of the molecule is CC(C)(C)C(=O)[C@H](N)Cc1ccc(Cl)c(Cl)c1. The smallest absolute Gasteiger partial charge is 0.155 e. The number of hydrogen-bond acceptors (Lipinski definition) is 2. The maximum atomic E-state index is 11.9. The fourth-order valence-electron chi connectivity index (χ4n) is 1.57. The molecule has 0 aliphatic carbocycles. The summed E-state index contributed by atoms with van der Waals surface area (Å²) in [5.74, 6) is 0.0450. The van der Waals surface area contributed by atoms with Gasteiger partial charge in [-0.2, -0.15) is 0 Å². The second-order valence-electron chi connectivity index (χ2n) is 5.17. The van der Waals surface area contributed by atoms with Gasteiger partial charge in [-0.05, 0) is 24.1 Å². The van der Waals surface area contributed by atoms with Crippen molar-refractivity contribution in [3.8, 4) is 0 Å². The molecule has 17 heavy (non-hydrogen) atoms. The molecular formula is C13H17Cl2NO. The molecule has 0 unspecified atom stereocenters. The van der Waals surface area contributed by atoms with Crippen molar-refractivity contribution in [2.75, 3.05) is 0 Å². The number of Topliss-reactive ketones (excluding diaryl/α,β-unsaturated/α-hetero) is 1. The van der Waals surface area contributed by atoms with E-state index in [0.29, 0.717) is 16.5 Å². The van der Waals surface area contributed by atoms with Gasteiger partial charge < -0.3 is 5.73 Å². The Labute approximate surface area is 112 Å². The van der Waals surface area contributed by atoms with Gasteiger partial charge in [0.2, 0.25) is 0 Å². The minimum atomic E-state index is -0.507. The van der Waals surface area contributed by atoms with Crippen LogP contribution in [0.3, 0.4) is 0 Å². The van der Waals surface area contributed by atoms with Crippen molar-refractivity contribution in [1.82, 2.24) is 0 Å². The maximum Gasteiger partial charge on any atom is 0.155 e. The Balaban J connectivity index is 2.78. The molecule has 1 aromatic rings.